The summed E-state index contributed by atoms with van der Waals surface area (Å²) in [4.78, 5) is 50.4. The van der Waals surface area contributed by atoms with Crippen LogP contribution >= 0.6 is 15.9 Å². The molecular formula is C22H19BrN2O6. The van der Waals surface area contributed by atoms with Gasteiger partial charge in [0.05, 0.1) is 12.8 Å². The number of imide groups is 2. The second kappa shape index (κ2) is 9.13. The molecule has 0 radical (unpaired) electrons. The molecule has 1 N–H and O–H groups in total. The third kappa shape index (κ3) is 5.00. The first kappa shape index (κ1) is 22.2. The van der Waals surface area contributed by atoms with E-state index in [4.69, 9.17) is 4.74 Å². The Morgan fingerprint density at radius 3 is 2.42 bits per heavy atom. The highest BCUT2D eigenvalue weighted by atomic mass is 79.9. The maximum atomic E-state index is 13.1. The quantitative estimate of drug-likeness (QED) is 0.395. The number of benzene rings is 2. The number of nitrogens with one attached hydrogen (secondary N) is 1. The van der Waals surface area contributed by atoms with Crippen molar-refractivity contribution in [3.63, 3.8) is 0 Å². The van der Waals surface area contributed by atoms with E-state index in [1.165, 1.54) is 13.2 Å². The maximum absolute atomic E-state index is 13.1. The van der Waals surface area contributed by atoms with E-state index >= 15 is 0 Å². The first-order chi connectivity index (χ1) is 14.7. The lowest BCUT2D eigenvalue weighted by atomic mass is 10.0. The van der Waals surface area contributed by atoms with Crippen molar-refractivity contribution in [3.05, 3.63) is 63.1 Å². The Bertz CT molecular complexity index is 1100. The summed E-state index contributed by atoms with van der Waals surface area (Å²) in [6.07, 6.45) is 1.32. The number of hydrogen-bond acceptors (Lipinski definition) is 6. The number of hydrogen-bond donors (Lipinski definition) is 1. The molecule has 31 heavy (non-hydrogen) atoms. The lowest BCUT2D eigenvalue weighted by Crippen LogP contribution is -2.54. The Hall–Kier alpha value is -3.46. The van der Waals surface area contributed by atoms with Crippen molar-refractivity contribution in [2.24, 2.45) is 0 Å². The van der Waals surface area contributed by atoms with Gasteiger partial charge >= 0.3 is 12.0 Å². The predicted molar refractivity (Wildman–Crippen MR) is 117 cm³/mol. The van der Waals surface area contributed by atoms with Crippen LogP contribution in [0.2, 0.25) is 0 Å². The van der Waals surface area contributed by atoms with Crippen LogP contribution in [0.15, 0.2) is 46.4 Å². The number of rotatable bonds is 5. The van der Waals surface area contributed by atoms with Crippen molar-refractivity contribution >= 4 is 51.5 Å². The van der Waals surface area contributed by atoms with Gasteiger partial charge in [-0.05, 0) is 61.4 Å². The average molecular weight is 487 g/mol. The summed E-state index contributed by atoms with van der Waals surface area (Å²) in [5, 5.41) is 2.19. The Kier molecular flexibility index (Phi) is 6.55. The first-order valence-corrected chi connectivity index (χ1v) is 9.98. The topological polar surface area (TPSA) is 102 Å². The van der Waals surface area contributed by atoms with E-state index in [9.17, 15) is 19.2 Å². The van der Waals surface area contributed by atoms with Gasteiger partial charge in [0.1, 0.15) is 11.3 Å². The molecule has 1 aliphatic rings. The number of esters is 1. The minimum Gasteiger partial charge on any atom is -0.481 e. The van der Waals surface area contributed by atoms with Crippen LogP contribution in [0.25, 0.3) is 6.08 Å². The van der Waals surface area contributed by atoms with E-state index in [1.807, 2.05) is 19.9 Å². The van der Waals surface area contributed by atoms with Gasteiger partial charge in [-0.15, -0.1) is 0 Å². The number of nitrogens with zero attached hydrogens (tertiary/aromatic N) is 1. The second-order valence-electron chi connectivity index (χ2n) is 6.85. The molecule has 0 bridgehead atoms. The molecule has 1 aliphatic heterocycles. The van der Waals surface area contributed by atoms with Crippen LogP contribution < -0.4 is 15.0 Å². The fourth-order valence-electron chi connectivity index (χ4n) is 3.09. The molecule has 0 spiro atoms. The van der Waals surface area contributed by atoms with Crippen LogP contribution in [0.4, 0.5) is 10.5 Å². The number of aryl methyl sites for hydroxylation is 2. The smallest absolute Gasteiger partial charge is 0.343 e. The summed E-state index contributed by atoms with van der Waals surface area (Å²) in [6, 6.07) is 9.33. The molecule has 0 saturated carbocycles. The van der Waals surface area contributed by atoms with Crippen molar-refractivity contribution in [2.75, 3.05) is 18.6 Å². The summed E-state index contributed by atoms with van der Waals surface area (Å²) in [6.45, 7) is 3.34. The van der Waals surface area contributed by atoms with Crippen molar-refractivity contribution in [2.45, 2.75) is 13.8 Å². The molecule has 0 unspecified atom stereocenters. The number of amides is 4. The molecular weight excluding hydrogens is 468 g/mol. The van der Waals surface area contributed by atoms with E-state index < -0.39 is 23.8 Å². The minimum atomic E-state index is -0.825. The van der Waals surface area contributed by atoms with Crippen LogP contribution in [0.3, 0.4) is 0 Å². The molecule has 3 rings (SSSR count). The standard InChI is InChI=1S/C22H19BrN2O6/c1-12-6-13(2)8-16(7-12)25-21(28)17(20(27)24-22(25)29)10-14-9-15(23)4-5-18(14)31-11-19(26)30-3/h4-10H,11H2,1-3H3,(H,24,27,29)/b17-10+. The molecule has 2 aromatic carbocycles. The van der Waals surface area contributed by atoms with Crippen LogP contribution in [-0.2, 0) is 19.1 Å². The fraction of sp³-hybridized carbons (Fsp3) is 0.182. The Labute approximate surface area is 186 Å². The van der Waals surface area contributed by atoms with Gasteiger partial charge in [0.2, 0.25) is 0 Å². The van der Waals surface area contributed by atoms with Crippen LogP contribution in [0.5, 0.6) is 5.75 Å². The number of methoxy groups -OCH3 is 1. The van der Waals surface area contributed by atoms with Crippen LogP contribution in [0, 0.1) is 13.8 Å². The highest BCUT2D eigenvalue weighted by molar-refractivity contribution is 9.10. The molecule has 9 heteroatoms. The highest BCUT2D eigenvalue weighted by Crippen LogP contribution is 2.28. The molecule has 160 valence electrons. The molecule has 1 saturated heterocycles. The lowest BCUT2D eigenvalue weighted by Gasteiger charge is -2.27. The number of anilines is 1. The van der Waals surface area contributed by atoms with Gasteiger partial charge in [-0.1, -0.05) is 22.0 Å². The Balaban J connectivity index is 2.02. The van der Waals surface area contributed by atoms with E-state index in [0.717, 1.165) is 16.0 Å². The molecule has 1 fully saturated rings. The molecule has 1 heterocycles. The summed E-state index contributed by atoms with van der Waals surface area (Å²) in [5.41, 5.74) is 2.20. The number of urea groups is 1. The predicted octanol–water partition coefficient (Wildman–Crippen LogP) is 3.28. The molecule has 0 aliphatic carbocycles. The van der Waals surface area contributed by atoms with Gasteiger partial charge in [-0.3, -0.25) is 14.9 Å². The monoisotopic (exact) mass is 486 g/mol. The van der Waals surface area contributed by atoms with E-state index in [1.54, 1.807) is 30.3 Å². The van der Waals surface area contributed by atoms with E-state index in [0.29, 0.717) is 15.7 Å². The van der Waals surface area contributed by atoms with Crippen molar-refractivity contribution in [1.29, 1.82) is 0 Å². The minimum absolute atomic E-state index is 0.250. The van der Waals surface area contributed by atoms with Gasteiger partial charge < -0.3 is 9.47 Å². The molecule has 8 nitrogen and oxygen atoms in total. The first-order valence-electron chi connectivity index (χ1n) is 9.18. The summed E-state index contributed by atoms with van der Waals surface area (Å²) in [7, 11) is 1.24. The largest absolute Gasteiger partial charge is 0.481 e. The number of carbonyl (C=O) groups excluding carboxylic acids is 4. The summed E-state index contributed by atoms with van der Waals surface area (Å²) >= 11 is 3.33. The van der Waals surface area contributed by atoms with Gasteiger partial charge in [0.15, 0.2) is 6.61 Å². The van der Waals surface area contributed by atoms with Gasteiger partial charge in [0.25, 0.3) is 11.8 Å². The zero-order valence-electron chi connectivity index (χ0n) is 17.0. The molecule has 4 amide bonds. The molecule has 2 aromatic rings. The van der Waals surface area contributed by atoms with Crippen LogP contribution in [0.1, 0.15) is 16.7 Å². The number of barbiturate groups is 1. The zero-order chi connectivity index (χ0) is 22.7. The molecule has 0 aromatic heterocycles. The van der Waals surface area contributed by atoms with Crippen molar-refractivity contribution < 1.29 is 28.7 Å². The third-order valence-electron chi connectivity index (χ3n) is 4.41. The number of ether oxygens (including phenoxy) is 2. The highest BCUT2D eigenvalue weighted by Gasteiger charge is 2.37. The normalized spacial score (nSPS) is 15.2. The maximum Gasteiger partial charge on any atom is 0.343 e. The van der Waals surface area contributed by atoms with E-state index in [2.05, 4.69) is 26.0 Å². The number of carbonyl (C=O) groups is 4. The fourth-order valence-corrected chi connectivity index (χ4v) is 3.47. The second-order valence-corrected chi connectivity index (χ2v) is 7.77. The van der Waals surface area contributed by atoms with Crippen molar-refractivity contribution in [1.82, 2.24) is 5.32 Å². The Morgan fingerprint density at radius 1 is 1.10 bits per heavy atom. The zero-order valence-corrected chi connectivity index (χ0v) is 18.6. The van der Waals surface area contributed by atoms with Crippen molar-refractivity contribution in [3.8, 4) is 5.75 Å². The lowest BCUT2D eigenvalue weighted by molar-refractivity contribution is -0.143. The SMILES string of the molecule is COC(=O)COc1ccc(Br)cc1/C=C1\C(=O)NC(=O)N(c2cc(C)cc(C)c2)C1=O. The Morgan fingerprint density at radius 2 is 1.77 bits per heavy atom. The van der Waals surface area contributed by atoms with Gasteiger partial charge in [-0.25, -0.2) is 14.5 Å². The third-order valence-corrected chi connectivity index (χ3v) is 4.90. The summed E-state index contributed by atoms with van der Waals surface area (Å²) < 4.78 is 10.7. The van der Waals surface area contributed by atoms with Gasteiger partial charge in [0, 0.05) is 10.0 Å². The molecule has 0 atom stereocenters. The summed E-state index contributed by atoms with van der Waals surface area (Å²) in [5.74, 6) is -1.91. The average Bonchev–Trinajstić information content (AvgIpc) is 2.69. The van der Waals surface area contributed by atoms with Crippen LogP contribution in [-0.4, -0.2) is 37.5 Å². The number of halogens is 1. The van der Waals surface area contributed by atoms with Gasteiger partial charge in [-0.2, -0.15) is 0 Å². The van der Waals surface area contributed by atoms with E-state index in [-0.39, 0.29) is 17.9 Å².